The van der Waals surface area contributed by atoms with Crippen LogP contribution in [-0.4, -0.2) is 53.9 Å². The molecule has 8 nitrogen and oxygen atoms in total. The van der Waals surface area contributed by atoms with E-state index in [1.807, 2.05) is 18.4 Å². The number of hydrogen-bond acceptors (Lipinski definition) is 8. The van der Waals surface area contributed by atoms with Crippen LogP contribution < -0.4 is 10.1 Å². The second-order valence-electron chi connectivity index (χ2n) is 6.82. The lowest BCUT2D eigenvalue weighted by atomic mass is 10.2. The number of anilines is 1. The molecule has 1 saturated heterocycles. The van der Waals surface area contributed by atoms with Gasteiger partial charge in [-0.3, -0.25) is 19.3 Å². The third kappa shape index (κ3) is 6.87. The maximum Gasteiger partial charge on any atom is 0.344 e. The van der Waals surface area contributed by atoms with Gasteiger partial charge in [-0.15, -0.1) is 11.8 Å². The van der Waals surface area contributed by atoms with Crippen LogP contribution in [0.15, 0.2) is 56.7 Å². The summed E-state index contributed by atoms with van der Waals surface area (Å²) in [6, 6.07) is 12.3. The van der Waals surface area contributed by atoms with E-state index in [2.05, 4.69) is 21.2 Å². The first-order chi connectivity index (χ1) is 16.3. The number of esters is 1. The van der Waals surface area contributed by atoms with Gasteiger partial charge in [0.2, 0.25) is 5.91 Å². The van der Waals surface area contributed by atoms with Gasteiger partial charge in [-0.25, -0.2) is 4.79 Å². The average molecular weight is 565 g/mol. The molecule has 2 aromatic rings. The second kappa shape index (κ2) is 12.1. The van der Waals surface area contributed by atoms with Crippen molar-refractivity contribution in [1.82, 2.24) is 4.90 Å². The number of rotatable bonds is 9. The Morgan fingerprint density at radius 3 is 2.74 bits per heavy atom. The highest BCUT2D eigenvalue weighted by Crippen LogP contribution is 2.35. The van der Waals surface area contributed by atoms with Crippen molar-refractivity contribution in [3.05, 3.63) is 57.4 Å². The summed E-state index contributed by atoms with van der Waals surface area (Å²) < 4.78 is 11.1. The quantitative estimate of drug-likeness (QED) is 0.263. The zero-order valence-electron chi connectivity index (χ0n) is 18.3. The molecule has 1 aliphatic rings. The lowest BCUT2D eigenvalue weighted by molar-refractivity contribution is -0.145. The van der Waals surface area contributed by atoms with Gasteiger partial charge in [0.25, 0.3) is 11.1 Å². The standard InChI is InChI=1S/C23H21BrN2O6S2/c1-3-31-21(28)13-32-18-8-7-15(24)9-14(18)10-19-22(29)26(23(30)34-19)12-20(27)25-16-5-4-6-17(11-16)33-2/h4-11H,3,12-13H2,1-2H3,(H,25,27)/b19-10+. The Kier molecular flexibility index (Phi) is 9.20. The molecule has 11 heteroatoms. The van der Waals surface area contributed by atoms with Crippen LogP contribution in [0.1, 0.15) is 12.5 Å². The summed E-state index contributed by atoms with van der Waals surface area (Å²) in [5.74, 6) is -1.25. The number of hydrogen-bond donors (Lipinski definition) is 1. The lowest BCUT2D eigenvalue weighted by Gasteiger charge is -2.13. The van der Waals surface area contributed by atoms with E-state index in [-0.39, 0.29) is 18.1 Å². The van der Waals surface area contributed by atoms with Crippen LogP contribution in [0.5, 0.6) is 5.75 Å². The molecule has 0 aromatic heterocycles. The minimum absolute atomic E-state index is 0.140. The molecule has 0 spiro atoms. The number of carbonyl (C=O) groups is 4. The van der Waals surface area contributed by atoms with E-state index in [0.29, 0.717) is 21.5 Å². The molecule has 0 aliphatic carbocycles. The van der Waals surface area contributed by atoms with Crippen LogP contribution in [-0.2, 0) is 19.1 Å². The number of nitrogens with zero attached hydrogens (tertiary/aromatic N) is 1. The van der Waals surface area contributed by atoms with E-state index in [9.17, 15) is 19.2 Å². The van der Waals surface area contributed by atoms with Crippen molar-refractivity contribution in [2.75, 3.05) is 31.3 Å². The van der Waals surface area contributed by atoms with E-state index < -0.39 is 29.6 Å². The van der Waals surface area contributed by atoms with E-state index in [1.54, 1.807) is 37.3 Å². The smallest absolute Gasteiger partial charge is 0.344 e. The van der Waals surface area contributed by atoms with Crippen LogP contribution in [0.25, 0.3) is 6.08 Å². The molecule has 0 unspecified atom stereocenters. The molecule has 1 heterocycles. The normalized spacial score (nSPS) is 14.4. The number of ether oxygens (including phenoxy) is 2. The molecule has 1 N–H and O–H groups in total. The molecule has 1 aliphatic heterocycles. The molecule has 3 amide bonds. The molecule has 0 bridgehead atoms. The third-order valence-electron chi connectivity index (χ3n) is 4.44. The van der Waals surface area contributed by atoms with Crippen molar-refractivity contribution in [2.45, 2.75) is 11.8 Å². The summed E-state index contributed by atoms with van der Waals surface area (Å²) in [7, 11) is 0. The van der Waals surface area contributed by atoms with Crippen molar-refractivity contribution in [3.8, 4) is 5.75 Å². The molecule has 3 rings (SSSR count). The van der Waals surface area contributed by atoms with Crippen molar-refractivity contribution in [1.29, 1.82) is 0 Å². The summed E-state index contributed by atoms with van der Waals surface area (Å²) in [6.07, 6.45) is 3.42. The summed E-state index contributed by atoms with van der Waals surface area (Å²) in [6.45, 7) is 1.23. The fraction of sp³-hybridized carbons (Fsp3) is 0.217. The van der Waals surface area contributed by atoms with Crippen LogP contribution in [0.3, 0.4) is 0 Å². The Bertz CT molecular complexity index is 1150. The van der Waals surface area contributed by atoms with E-state index in [0.717, 1.165) is 21.6 Å². The molecular weight excluding hydrogens is 544 g/mol. The highest BCUT2D eigenvalue weighted by molar-refractivity contribution is 9.10. The maximum absolute atomic E-state index is 12.9. The van der Waals surface area contributed by atoms with E-state index >= 15 is 0 Å². The van der Waals surface area contributed by atoms with Gasteiger partial charge in [-0.2, -0.15) is 0 Å². The number of nitrogens with one attached hydrogen (secondary N) is 1. The number of halogens is 1. The number of imide groups is 1. The molecular formula is C23H21BrN2O6S2. The van der Waals surface area contributed by atoms with E-state index in [4.69, 9.17) is 9.47 Å². The predicted molar refractivity (Wildman–Crippen MR) is 136 cm³/mol. The summed E-state index contributed by atoms with van der Waals surface area (Å²) in [4.78, 5) is 51.4. The Morgan fingerprint density at radius 2 is 2.00 bits per heavy atom. The number of thioether (sulfide) groups is 2. The van der Waals surface area contributed by atoms with Gasteiger partial charge in [0.1, 0.15) is 12.3 Å². The third-order valence-corrected chi connectivity index (χ3v) is 6.56. The maximum atomic E-state index is 12.9. The molecule has 0 atom stereocenters. The van der Waals surface area contributed by atoms with Gasteiger partial charge in [-0.1, -0.05) is 22.0 Å². The summed E-state index contributed by atoms with van der Waals surface area (Å²) in [5.41, 5.74) is 1.07. The molecule has 1 fully saturated rings. The minimum Gasteiger partial charge on any atom is -0.481 e. The Balaban J connectivity index is 1.72. The zero-order chi connectivity index (χ0) is 24.7. The number of amides is 3. The molecule has 0 radical (unpaired) electrons. The Morgan fingerprint density at radius 1 is 1.21 bits per heavy atom. The first-order valence-electron chi connectivity index (χ1n) is 10.1. The summed E-state index contributed by atoms with van der Waals surface area (Å²) in [5, 5.41) is 2.16. The molecule has 178 valence electrons. The Labute approximate surface area is 213 Å². The predicted octanol–water partition coefficient (Wildman–Crippen LogP) is 4.79. The van der Waals surface area contributed by atoms with Gasteiger partial charge in [-0.05, 0) is 67.4 Å². The molecule has 2 aromatic carbocycles. The first kappa shape index (κ1) is 25.9. The fourth-order valence-electron chi connectivity index (χ4n) is 2.93. The molecule has 34 heavy (non-hydrogen) atoms. The van der Waals surface area contributed by atoms with Gasteiger partial charge >= 0.3 is 5.97 Å². The Hall–Kier alpha value is -2.76. The SMILES string of the molecule is CCOC(=O)COc1ccc(Br)cc1/C=C1/SC(=O)N(CC(=O)Nc2cccc(SC)c2)C1=O. The zero-order valence-corrected chi connectivity index (χ0v) is 21.6. The first-order valence-corrected chi connectivity index (χ1v) is 12.9. The van der Waals surface area contributed by atoms with Crippen molar-refractivity contribution in [3.63, 3.8) is 0 Å². The minimum atomic E-state index is -0.584. The highest BCUT2D eigenvalue weighted by Gasteiger charge is 2.36. The van der Waals surface area contributed by atoms with Crippen LogP contribution >= 0.6 is 39.5 Å². The van der Waals surface area contributed by atoms with Crippen LogP contribution in [0.4, 0.5) is 10.5 Å². The summed E-state index contributed by atoms with van der Waals surface area (Å²) >= 11 is 5.63. The van der Waals surface area contributed by atoms with Crippen molar-refractivity contribution < 1.29 is 28.7 Å². The topological polar surface area (TPSA) is 102 Å². The van der Waals surface area contributed by atoms with E-state index in [1.165, 1.54) is 17.8 Å². The average Bonchev–Trinajstić information content (AvgIpc) is 3.06. The second-order valence-corrected chi connectivity index (χ2v) is 9.61. The van der Waals surface area contributed by atoms with Crippen molar-refractivity contribution >= 4 is 74.2 Å². The van der Waals surface area contributed by atoms with Crippen molar-refractivity contribution in [2.24, 2.45) is 0 Å². The van der Waals surface area contributed by atoms with Gasteiger partial charge in [0, 0.05) is 20.6 Å². The highest BCUT2D eigenvalue weighted by atomic mass is 79.9. The van der Waals surface area contributed by atoms with Crippen LogP contribution in [0.2, 0.25) is 0 Å². The number of benzene rings is 2. The largest absolute Gasteiger partial charge is 0.481 e. The molecule has 0 saturated carbocycles. The monoisotopic (exact) mass is 564 g/mol. The lowest BCUT2D eigenvalue weighted by Crippen LogP contribution is -2.36. The fourth-order valence-corrected chi connectivity index (χ4v) is 4.59. The van der Waals surface area contributed by atoms with Gasteiger partial charge in [0.15, 0.2) is 6.61 Å². The van der Waals surface area contributed by atoms with Crippen LogP contribution in [0, 0.1) is 0 Å². The van der Waals surface area contributed by atoms with Gasteiger partial charge in [0.05, 0.1) is 11.5 Å². The van der Waals surface area contributed by atoms with Gasteiger partial charge < -0.3 is 14.8 Å². The number of carbonyl (C=O) groups excluding carboxylic acids is 4.